The highest BCUT2D eigenvalue weighted by molar-refractivity contribution is 5.94. The molecule has 2 amide bonds. The van der Waals surface area contributed by atoms with Crippen molar-refractivity contribution in [2.45, 2.75) is 31.7 Å². The molecule has 0 bridgehead atoms. The van der Waals surface area contributed by atoms with Gasteiger partial charge in [0.05, 0.1) is 12.2 Å². The third kappa shape index (κ3) is 5.49. The summed E-state index contributed by atoms with van der Waals surface area (Å²) in [7, 11) is 0. The lowest BCUT2D eigenvalue weighted by Crippen LogP contribution is -2.49. The van der Waals surface area contributed by atoms with E-state index >= 15 is 0 Å². The molecule has 2 atom stereocenters. The van der Waals surface area contributed by atoms with Crippen LogP contribution in [0.5, 0.6) is 0 Å². The Morgan fingerprint density at radius 2 is 1.81 bits per heavy atom. The van der Waals surface area contributed by atoms with Crippen molar-refractivity contribution in [3.05, 3.63) is 35.6 Å². The van der Waals surface area contributed by atoms with Crippen LogP contribution in [0.1, 0.15) is 36.0 Å². The second-order valence-electron chi connectivity index (χ2n) is 7.14. The number of halogens is 1. The highest BCUT2D eigenvalue weighted by atomic mass is 19.1. The lowest BCUT2D eigenvalue weighted by molar-refractivity contribution is -0.123. The SMILES string of the molecule is O=C(CCNC(=O)c1ccccc1F)N[C@H]1CCOC[C@H]1C1CCOCC1. The molecule has 7 heteroatoms. The second-order valence-corrected chi connectivity index (χ2v) is 7.14. The first-order valence-corrected chi connectivity index (χ1v) is 9.62. The first-order valence-electron chi connectivity index (χ1n) is 9.62. The monoisotopic (exact) mass is 378 g/mol. The van der Waals surface area contributed by atoms with Crippen LogP contribution in [0.4, 0.5) is 4.39 Å². The summed E-state index contributed by atoms with van der Waals surface area (Å²) in [4.78, 5) is 24.3. The van der Waals surface area contributed by atoms with Gasteiger partial charge in [-0.25, -0.2) is 4.39 Å². The lowest BCUT2D eigenvalue weighted by atomic mass is 9.79. The molecule has 2 fully saturated rings. The van der Waals surface area contributed by atoms with E-state index in [1.807, 2.05) is 0 Å². The fourth-order valence-electron chi connectivity index (χ4n) is 3.86. The predicted octanol–water partition coefficient (Wildman–Crippen LogP) is 1.89. The van der Waals surface area contributed by atoms with Crippen molar-refractivity contribution < 1.29 is 23.5 Å². The van der Waals surface area contributed by atoms with E-state index in [1.165, 1.54) is 18.2 Å². The molecule has 1 aromatic rings. The fourth-order valence-corrected chi connectivity index (χ4v) is 3.86. The number of nitrogens with one attached hydrogen (secondary N) is 2. The summed E-state index contributed by atoms with van der Waals surface area (Å²) >= 11 is 0. The van der Waals surface area contributed by atoms with Crippen LogP contribution in [-0.2, 0) is 14.3 Å². The van der Waals surface area contributed by atoms with Crippen LogP contribution in [-0.4, -0.2) is 50.8 Å². The Balaban J connectivity index is 1.45. The Morgan fingerprint density at radius 1 is 1.07 bits per heavy atom. The van der Waals surface area contributed by atoms with Crippen molar-refractivity contribution in [3.8, 4) is 0 Å². The number of ether oxygens (including phenoxy) is 2. The quantitative estimate of drug-likeness (QED) is 0.793. The van der Waals surface area contributed by atoms with Crippen molar-refractivity contribution in [2.75, 3.05) is 33.0 Å². The Labute approximate surface area is 158 Å². The summed E-state index contributed by atoms with van der Waals surface area (Å²) in [5.41, 5.74) is -0.0121. The normalized spacial score (nSPS) is 23.6. The number of amides is 2. The summed E-state index contributed by atoms with van der Waals surface area (Å²) in [6.45, 7) is 3.02. The van der Waals surface area contributed by atoms with Gasteiger partial charge >= 0.3 is 0 Å². The zero-order chi connectivity index (χ0) is 19.1. The molecule has 2 aliphatic rings. The smallest absolute Gasteiger partial charge is 0.254 e. The van der Waals surface area contributed by atoms with E-state index < -0.39 is 11.7 Å². The van der Waals surface area contributed by atoms with Gasteiger partial charge in [0, 0.05) is 44.7 Å². The molecule has 0 aliphatic carbocycles. The summed E-state index contributed by atoms with van der Waals surface area (Å²) in [6, 6.07) is 5.89. The minimum Gasteiger partial charge on any atom is -0.381 e. The number of carbonyl (C=O) groups excluding carboxylic acids is 2. The molecule has 27 heavy (non-hydrogen) atoms. The van der Waals surface area contributed by atoms with E-state index in [0.29, 0.717) is 25.0 Å². The third-order valence-corrected chi connectivity index (χ3v) is 5.37. The Bertz CT molecular complexity index is 649. The van der Waals surface area contributed by atoms with Gasteiger partial charge in [0.25, 0.3) is 5.91 Å². The van der Waals surface area contributed by atoms with Crippen LogP contribution in [0.3, 0.4) is 0 Å². The van der Waals surface area contributed by atoms with Crippen LogP contribution >= 0.6 is 0 Å². The summed E-state index contributed by atoms with van der Waals surface area (Å²) < 4.78 is 24.7. The average molecular weight is 378 g/mol. The summed E-state index contributed by atoms with van der Waals surface area (Å²) in [5, 5.41) is 5.71. The zero-order valence-corrected chi connectivity index (χ0v) is 15.4. The van der Waals surface area contributed by atoms with Gasteiger partial charge in [-0.2, -0.15) is 0 Å². The molecule has 0 radical (unpaired) electrons. The molecule has 0 saturated carbocycles. The number of carbonyl (C=O) groups is 2. The highest BCUT2D eigenvalue weighted by Gasteiger charge is 2.34. The molecular weight excluding hydrogens is 351 g/mol. The predicted molar refractivity (Wildman–Crippen MR) is 97.7 cm³/mol. The molecule has 3 rings (SSSR count). The Hall–Kier alpha value is -1.99. The lowest BCUT2D eigenvalue weighted by Gasteiger charge is -2.39. The molecular formula is C20H27FN2O4. The summed E-state index contributed by atoms with van der Waals surface area (Å²) in [5.74, 6) is -0.370. The fraction of sp³-hybridized carbons (Fsp3) is 0.600. The van der Waals surface area contributed by atoms with E-state index in [-0.39, 0.29) is 30.5 Å². The molecule has 2 aliphatic heterocycles. The third-order valence-electron chi connectivity index (χ3n) is 5.37. The highest BCUT2D eigenvalue weighted by Crippen LogP contribution is 2.30. The molecule has 148 valence electrons. The van der Waals surface area contributed by atoms with Crippen molar-refractivity contribution in [2.24, 2.45) is 11.8 Å². The summed E-state index contributed by atoms with van der Waals surface area (Å²) in [6.07, 6.45) is 2.96. The molecule has 2 heterocycles. The molecule has 1 aromatic carbocycles. The minimum absolute atomic E-state index is 0.0121. The van der Waals surface area contributed by atoms with Gasteiger partial charge < -0.3 is 20.1 Å². The zero-order valence-electron chi connectivity index (χ0n) is 15.4. The molecule has 0 aromatic heterocycles. The maximum atomic E-state index is 13.6. The number of hydrogen-bond acceptors (Lipinski definition) is 4. The van der Waals surface area contributed by atoms with Gasteiger partial charge in [0.2, 0.25) is 5.91 Å². The second kappa shape index (κ2) is 9.80. The van der Waals surface area contributed by atoms with E-state index in [0.717, 1.165) is 32.5 Å². The van der Waals surface area contributed by atoms with Gasteiger partial charge in [0.15, 0.2) is 0 Å². The van der Waals surface area contributed by atoms with Crippen molar-refractivity contribution in [3.63, 3.8) is 0 Å². The van der Waals surface area contributed by atoms with Gasteiger partial charge in [-0.05, 0) is 37.3 Å². The molecule has 2 N–H and O–H groups in total. The topological polar surface area (TPSA) is 76.7 Å². The van der Waals surface area contributed by atoms with Crippen molar-refractivity contribution >= 4 is 11.8 Å². The number of rotatable bonds is 6. The number of hydrogen-bond donors (Lipinski definition) is 2. The Kier molecular flexibility index (Phi) is 7.18. The van der Waals surface area contributed by atoms with Gasteiger partial charge in [-0.3, -0.25) is 9.59 Å². The molecule has 6 nitrogen and oxygen atoms in total. The first kappa shape index (κ1) is 19.8. The van der Waals surface area contributed by atoms with E-state index in [4.69, 9.17) is 9.47 Å². The van der Waals surface area contributed by atoms with Crippen molar-refractivity contribution in [1.29, 1.82) is 0 Å². The minimum atomic E-state index is -0.569. The first-order chi connectivity index (χ1) is 13.1. The van der Waals surface area contributed by atoms with Gasteiger partial charge in [0.1, 0.15) is 5.82 Å². The Morgan fingerprint density at radius 3 is 2.59 bits per heavy atom. The maximum Gasteiger partial charge on any atom is 0.254 e. The van der Waals surface area contributed by atoms with E-state index in [9.17, 15) is 14.0 Å². The van der Waals surface area contributed by atoms with Crippen LogP contribution in [0.25, 0.3) is 0 Å². The van der Waals surface area contributed by atoms with Crippen LogP contribution in [0.2, 0.25) is 0 Å². The van der Waals surface area contributed by atoms with Gasteiger partial charge in [-0.15, -0.1) is 0 Å². The molecule has 0 spiro atoms. The molecule has 0 unspecified atom stereocenters. The molecule has 2 saturated heterocycles. The van der Waals surface area contributed by atoms with E-state index in [1.54, 1.807) is 6.07 Å². The standard InChI is InChI=1S/C20H27FN2O4/c21-17-4-2-1-3-15(17)20(25)22-9-5-19(24)23-18-8-12-27-13-16(18)14-6-10-26-11-7-14/h1-4,14,16,18H,5-13H2,(H,22,25)(H,23,24)/t16-,18-/m0/s1. The number of benzene rings is 1. The van der Waals surface area contributed by atoms with Crippen LogP contribution in [0.15, 0.2) is 24.3 Å². The van der Waals surface area contributed by atoms with Crippen molar-refractivity contribution in [1.82, 2.24) is 10.6 Å². The van der Waals surface area contributed by atoms with Gasteiger partial charge in [-0.1, -0.05) is 12.1 Å². The maximum absolute atomic E-state index is 13.6. The van der Waals surface area contributed by atoms with Crippen LogP contribution in [0, 0.1) is 17.7 Å². The largest absolute Gasteiger partial charge is 0.381 e. The average Bonchev–Trinajstić information content (AvgIpc) is 2.69. The van der Waals surface area contributed by atoms with Crippen LogP contribution < -0.4 is 10.6 Å². The van der Waals surface area contributed by atoms with E-state index in [2.05, 4.69) is 10.6 Å².